The van der Waals surface area contributed by atoms with Crippen LogP contribution >= 0.6 is 0 Å². The molecule has 0 saturated carbocycles. The summed E-state index contributed by atoms with van der Waals surface area (Å²) in [4.78, 5) is 0. The van der Waals surface area contributed by atoms with Gasteiger partial charge in [-0.25, -0.2) is 0 Å². The Morgan fingerprint density at radius 3 is 2.00 bits per heavy atom. The molecular weight excluding hydrogens is 585 g/mol. The summed E-state index contributed by atoms with van der Waals surface area (Å²) in [7, 11) is 0. The van der Waals surface area contributed by atoms with Gasteiger partial charge >= 0.3 is 0 Å². The van der Waals surface area contributed by atoms with Crippen molar-refractivity contribution in [1.82, 2.24) is 9.13 Å². The summed E-state index contributed by atoms with van der Waals surface area (Å²) in [6.45, 7) is 0. The van der Waals surface area contributed by atoms with Gasteiger partial charge in [-0.05, 0) is 72.0 Å². The molecule has 2 heterocycles. The first-order chi connectivity index (χ1) is 23.7. The van der Waals surface area contributed by atoms with Gasteiger partial charge in [-0.3, -0.25) is 0 Å². The van der Waals surface area contributed by atoms with E-state index in [1.165, 1.54) is 33.4 Å². The van der Waals surface area contributed by atoms with Gasteiger partial charge in [0.05, 0.1) is 45.1 Å². The van der Waals surface area contributed by atoms with E-state index in [2.05, 4.69) is 112 Å². The monoisotopic (exact) mass is 612 g/mol. The topological polar surface area (TPSA) is 57.4 Å². The largest absolute Gasteiger partial charge is 0.312 e. The molecule has 1 aliphatic rings. The molecule has 0 unspecified atom stereocenters. The number of para-hydroxylation sites is 3. The van der Waals surface area contributed by atoms with Crippen LogP contribution in [-0.4, -0.2) is 9.13 Å². The molecule has 48 heavy (non-hydrogen) atoms. The zero-order chi connectivity index (χ0) is 32.2. The van der Waals surface area contributed by atoms with Crippen molar-refractivity contribution in [3.8, 4) is 45.8 Å². The van der Waals surface area contributed by atoms with Crippen LogP contribution in [0.25, 0.3) is 72.4 Å². The second kappa shape index (κ2) is 11.0. The van der Waals surface area contributed by atoms with Gasteiger partial charge < -0.3 is 9.13 Å². The average molecular weight is 613 g/mol. The minimum Gasteiger partial charge on any atom is -0.312 e. The average Bonchev–Trinajstić information content (AvgIpc) is 3.68. The maximum absolute atomic E-state index is 10.4. The molecule has 0 fully saturated rings. The fourth-order valence-corrected chi connectivity index (χ4v) is 7.57. The first-order valence-electron chi connectivity index (χ1n) is 16.2. The minimum absolute atomic E-state index is 0.574. The number of allylic oxidation sites excluding steroid dienone is 1. The summed E-state index contributed by atoms with van der Waals surface area (Å²) >= 11 is 0. The zero-order valence-corrected chi connectivity index (χ0v) is 26.1. The summed E-state index contributed by atoms with van der Waals surface area (Å²) in [6, 6.07) is 50.7. The lowest BCUT2D eigenvalue weighted by atomic mass is 9.97. The Hall–Kier alpha value is -6.62. The second-order valence-electron chi connectivity index (χ2n) is 12.3. The van der Waals surface area contributed by atoms with Gasteiger partial charge in [-0.15, -0.1) is 0 Å². The molecule has 4 heteroatoms. The lowest BCUT2D eigenvalue weighted by Crippen LogP contribution is -2.04. The van der Waals surface area contributed by atoms with Crippen LogP contribution in [0.4, 0.5) is 0 Å². The van der Waals surface area contributed by atoms with E-state index in [0.717, 1.165) is 57.0 Å². The summed E-state index contributed by atoms with van der Waals surface area (Å²) in [5, 5.41) is 23.4. The highest BCUT2D eigenvalue weighted by molar-refractivity contribution is 6.12. The van der Waals surface area contributed by atoms with Crippen molar-refractivity contribution >= 4 is 38.8 Å². The molecule has 0 amide bonds. The third kappa shape index (κ3) is 4.14. The van der Waals surface area contributed by atoms with E-state index in [0.29, 0.717) is 11.1 Å². The third-order valence-corrected chi connectivity index (χ3v) is 9.70. The molecule has 0 aliphatic heterocycles. The van der Waals surface area contributed by atoms with Crippen molar-refractivity contribution in [2.45, 2.75) is 12.8 Å². The smallest absolute Gasteiger partial charge is 0.101 e. The normalized spacial score (nSPS) is 12.3. The highest BCUT2D eigenvalue weighted by atomic mass is 15.0. The summed E-state index contributed by atoms with van der Waals surface area (Å²) in [6.07, 6.45) is 6.61. The fraction of sp³-hybridized carbons (Fsp3) is 0.0455. The Balaban J connectivity index is 1.13. The van der Waals surface area contributed by atoms with Gasteiger partial charge in [-0.2, -0.15) is 10.5 Å². The molecule has 8 aromatic rings. The molecule has 4 nitrogen and oxygen atoms in total. The SMILES string of the molecule is N#Cc1cc(-c2ccc(-c3ccccc3-n3c4c(c5ccccc53)C=CCC4)cc2)ccc1-n1c2ccccc2c2c(C#N)cccc21. The van der Waals surface area contributed by atoms with Crippen molar-refractivity contribution in [1.29, 1.82) is 10.5 Å². The number of fused-ring (bicyclic) bond motifs is 6. The fourth-order valence-electron chi connectivity index (χ4n) is 7.57. The quantitative estimate of drug-likeness (QED) is 0.199. The van der Waals surface area contributed by atoms with Crippen LogP contribution in [0.1, 0.15) is 28.8 Å². The van der Waals surface area contributed by atoms with Crippen molar-refractivity contribution < 1.29 is 0 Å². The van der Waals surface area contributed by atoms with Crippen molar-refractivity contribution in [2.75, 3.05) is 0 Å². The minimum atomic E-state index is 0.574. The molecule has 0 saturated heterocycles. The highest BCUT2D eigenvalue weighted by Crippen LogP contribution is 2.39. The van der Waals surface area contributed by atoms with Gasteiger partial charge in [-0.1, -0.05) is 103 Å². The van der Waals surface area contributed by atoms with Crippen LogP contribution < -0.4 is 0 Å². The van der Waals surface area contributed by atoms with E-state index in [1.54, 1.807) is 0 Å². The van der Waals surface area contributed by atoms with E-state index in [4.69, 9.17) is 0 Å². The maximum Gasteiger partial charge on any atom is 0.101 e. The molecule has 1 aliphatic carbocycles. The van der Waals surface area contributed by atoms with Crippen molar-refractivity contribution in [2.24, 2.45) is 0 Å². The van der Waals surface area contributed by atoms with Crippen LogP contribution in [0, 0.1) is 22.7 Å². The lowest BCUT2D eigenvalue weighted by Gasteiger charge is -2.17. The number of nitriles is 2. The summed E-state index contributed by atoms with van der Waals surface area (Å²) in [5.41, 5.74) is 13.3. The number of nitrogens with zero attached hydrogens (tertiary/aromatic N) is 4. The Morgan fingerprint density at radius 2 is 1.19 bits per heavy atom. The number of aromatic nitrogens is 2. The van der Waals surface area contributed by atoms with E-state index in [9.17, 15) is 10.5 Å². The lowest BCUT2D eigenvalue weighted by molar-refractivity contribution is 0.889. The van der Waals surface area contributed by atoms with Crippen LogP contribution in [0.3, 0.4) is 0 Å². The van der Waals surface area contributed by atoms with Crippen LogP contribution in [-0.2, 0) is 6.42 Å². The zero-order valence-electron chi connectivity index (χ0n) is 26.1. The first kappa shape index (κ1) is 27.7. The molecule has 0 atom stereocenters. The van der Waals surface area contributed by atoms with Gasteiger partial charge in [0.1, 0.15) is 6.07 Å². The van der Waals surface area contributed by atoms with Gasteiger partial charge in [0.25, 0.3) is 0 Å². The second-order valence-corrected chi connectivity index (χ2v) is 12.3. The van der Waals surface area contributed by atoms with Crippen molar-refractivity contribution in [3.05, 3.63) is 162 Å². The number of benzene rings is 6. The van der Waals surface area contributed by atoms with Crippen molar-refractivity contribution in [3.63, 3.8) is 0 Å². The molecule has 224 valence electrons. The molecular formula is C44H28N4. The third-order valence-electron chi connectivity index (χ3n) is 9.70. The van der Waals surface area contributed by atoms with Gasteiger partial charge in [0, 0.05) is 33.0 Å². The maximum atomic E-state index is 10.4. The standard InChI is InChI=1S/C44H28N4/c45-27-32-10-9-19-43-44(32)37-14-4-8-18-42(37)47(43)38-25-24-31(26-33(38)28-46)29-20-22-30(23-21-29)34-11-1-5-15-39(34)48-40-16-6-2-12-35(40)36-13-3-7-17-41(36)48/h1-6,8-16,18-26H,7,17H2. The van der Waals surface area contributed by atoms with Gasteiger partial charge in [0.2, 0.25) is 0 Å². The Bertz CT molecular complexity index is 2690. The molecule has 0 N–H and O–H groups in total. The predicted molar refractivity (Wildman–Crippen MR) is 195 cm³/mol. The van der Waals surface area contributed by atoms with E-state index >= 15 is 0 Å². The van der Waals surface area contributed by atoms with E-state index < -0.39 is 0 Å². The first-order valence-corrected chi connectivity index (χ1v) is 16.2. The molecule has 0 spiro atoms. The Morgan fingerprint density at radius 1 is 0.521 bits per heavy atom. The number of rotatable bonds is 4. The Kier molecular flexibility index (Phi) is 6.35. The number of hydrogen-bond donors (Lipinski definition) is 0. The summed E-state index contributed by atoms with van der Waals surface area (Å²) in [5.74, 6) is 0. The molecule has 0 radical (unpaired) electrons. The van der Waals surface area contributed by atoms with Crippen LogP contribution in [0.15, 0.2) is 140 Å². The van der Waals surface area contributed by atoms with Gasteiger partial charge in [0.15, 0.2) is 0 Å². The Labute approximate surface area is 278 Å². The molecule has 0 bridgehead atoms. The molecule has 6 aromatic carbocycles. The summed E-state index contributed by atoms with van der Waals surface area (Å²) < 4.78 is 4.55. The van der Waals surface area contributed by atoms with Crippen LogP contribution in [0.5, 0.6) is 0 Å². The van der Waals surface area contributed by atoms with E-state index in [1.807, 2.05) is 54.6 Å². The van der Waals surface area contributed by atoms with Crippen LogP contribution in [0.2, 0.25) is 0 Å². The van der Waals surface area contributed by atoms with E-state index in [-0.39, 0.29) is 0 Å². The predicted octanol–water partition coefficient (Wildman–Crippen LogP) is 10.8. The molecule has 9 rings (SSSR count). The highest BCUT2D eigenvalue weighted by Gasteiger charge is 2.21. The molecule has 2 aromatic heterocycles. The number of hydrogen-bond acceptors (Lipinski definition) is 2.